The van der Waals surface area contributed by atoms with Gasteiger partial charge in [-0.05, 0) is 43.7 Å². The molecule has 1 aliphatic rings. The molecule has 1 unspecified atom stereocenters. The Bertz CT molecular complexity index is 542. The average molecular weight is 308 g/mol. The number of anilines is 2. The van der Waals surface area contributed by atoms with E-state index in [1.54, 1.807) is 22.7 Å². The summed E-state index contributed by atoms with van der Waals surface area (Å²) in [4.78, 5) is 25.2. The van der Waals surface area contributed by atoms with Gasteiger partial charge in [-0.1, -0.05) is 6.42 Å². The van der Waals surface area contributed by atoms with Gasteiger partial charge in [-0.15, -0.1) is 11.8 Å². The zero-order valence-electron chi connectivity index (χ0n) is 12.0. The summed E-state index contributed by atoms with van der Waals surface area (Å²) in [6.07, 6.45) is 3.14. The van der Waals surface area contributed by atoms with Gasteiger partial charge in [-0.2, -0.15) is 0 Å². The van der Waals surface area contributed by atoms with E-state index in [0.717, 1.165) is 25.0 Å². The first-order valence-electron chi connectivity index (χ1n) is 7.10. The molecule has 0 aromatic heterocycles. The highest BCUT2D eigenvalue weighted by molar-refractivity contribution is 8.00. The van der Waals surface area contributed by atoms with Gasteiger partial charge in [0, 0.05) is 6.54 Å². The number of amides is 1. The first kappa shape index (κ1) is 15.7. The molecule has 1 aromatic carbocycles. The molecule has 0 spiro atoms. The number of carbonyl (C=O) groups is 2. The van der Waals surface area contributed by atoms with Gasteiger partial charge in [-0.3, -0.25) is 4.79 Å². The molecule has 3 N–H and O–H groups in total. The lowest BCUT2D eigenvalue weighted by atomic mass is 10.1. The number of aromatic carboxylic acids is 1. The first-order valence-corrected chi connectivity index (χ1v) is 8.15. The zero-order chi connectivity index (χ0) is 15.4. The van der Waals surface area contributed by atoms with Gasteiger partial charge < -0.3 is 15.7 Å². The van der Waals surface area contributed by atoms with Crippen molar-refractivity contribution in [2.24, 2.45) is 0 Å². The summed E-state index contributed by atoms with van der Waals surface area (Å²) in [6, 6.07) is 4.51. The van der Waals surface area contributed by atoms with Crippen LogP contribution in [0.4, 0.5) is 11.4 Å². The van der Waals surface area contributed by atoms with Gasteiger partial charge in [0.25, 0.3) is 0 Å². The summed E-state index contributed by atoms with van der Waals surface area (Å²) in [6.45, 7) is 2.42. The van der Waals surface area contributed by atoms with Gasteiger partial charge in [0.1, 0.15) is 0 Å². The molecule has 114 valence electrons. The van der Waals surface area contributed by atoms with E-state index < -0.39 is 5.97 Å². The lowest BCUT2D eigenvalue weighted by Crippen LogP contribution is -2.39. The molecule has 0 bridgehead atoms. The van der Waals surface area contributed by atoms with Crippen LogP contribution in [0, 0.1) is 0 Å². The average Bonchev–Trinajstić information content (AvgIpc) is 2.50. The maximum atomic E-state index is 12.6. The number of carboxylic acids is 1. The smallest absolute Gasteiger partial charge is 0.335 e. The van der Waals surface area contributed by atoms with Crippen molar-refractivity contribution in [3.8, 4) is 0 Å². The molecule has 1 atom stereocenters. The minimum Gasteiger partial charge on any atom is -0.478 e. The highest BCUT2D eigenvalue weighted by atomic mass is 32.2. The van der Waals surface area contributed by atoms with E-state index in [1.165, 1.54) is 12.1 Å². The third-order valence-corrected chi connectivity index (χ3v) is 4.97. The molecule has 1 heterocycles. The van der Waals surface area contributed by atoms with Crippen molar-refractivity contribution in [1.29, 1.82) is 0 Å². The molecule has 6 heteroatoms. The number of carboxylic acid groups (broad SMARTS) is 1. The van der Waals surface area contributed by atoms with E-state index in [9.17, 15) is 9.59 Å². The van der Waals surface area contributed by atoms with Gasteiger partial charge >= 0.3 is 5.97 Å². The van der Waals surface area contributed by atoms with Crippen molar-refractivity contribution in [3.63, 3.8) is 0 Å². The van der Waals surface area contributed by atoms with Crippen molar-refractivity contribution in [1.82, 2.24) is 0 Å². The summed E-state index contributed by atoms with van der Waals surface area (Å²) < 4.78 is 0. The Labute approximate surface area is 128 Å². The molecule has 1 aliphatic heterocycles. The number of hydrogen-bond acceptors (Lipinski definition) is 4. The number of nitrogens with two attached hydrogens (primary N) is 1. The maximum absolute atomic E-state index is 12.6. The van der Waals surface area contributed by atoms with Gasteiger partial charge in [0.2, 0.25) is 5.91 Å². The second-order valence-electron chi connectivity index (χ2n) is 5.02. The van der Waals surface area contributed by atoms with Crippen LogP contribution in [0.5, 0.6) is 0 Å². The number of thioether (sulfide) groups is 1. The molecule has 5 nitrogen and oxygen atoms in total. The molecular formula is C15H20N2O3S. The molecule has 21 heavy (non-hydrogen) atoms. The minimum atomic E-state index is -1.02. The van der Waals surface area contributed by atoms with Crippen molar-refractivity contribution in [2.75, 3.05) is 22.9 Å². The second-order valence-corrected chi connectivity index (χ2v) is 6.33. The molecule has 0 radical (unpaired) electrons. The Balaban J connectivity index is 2.24. The number of rotatable bonds is 4. The third kappa shape index (κ3) is 3.50. The van der Waals surface area contributed by atoms with Crippen molar-refractivity contribution in [2.45, 2.75) is 31.4 Å². The van der Waals surface area contributed by atoms with E-state index in [-0.39, 0.29) is 16.7 Å². The fraction of sp³-hybridized carbons (Fsp3) is 0.467. The fourth-order valence-electron chi connectivity index (χ4n) is 2.49. The highest BCUT2D eigenvalue weighted by Gasteiger charge is 2.27. The summed E-state index contributed by atoms with van der Waals surface area (Å²) in [5.74, 6) is 0.0592. The van der Waals surface area contributed by atoms with Crippen LogP contribution in [0.1, 0.15) is 36.5 Å². The fourth-order valence-corrected chi connectivity index (χ4v) is 3.75. The van der Waals surface area contributed by atoms with E-state index >= 15 is 0 Å². The van der Waals surface area contributed by atoms with Crippen LogP contribution in [0.15, 0.2) is 18.2 Å². The van der Waals surface area contributed by atoms with Crippen LogP contribution in [0.2, 0.25) is 0 Å². The molecule has 1 fully saturated rings. The molecule has 0 aliphatic carbocycles. The number of nitrogens with zero attached hydrogens (tertiary/aromatic N) is 1. The Hall–Kier alpha value is -1.69. The van der Waals surface area contributed by atoms with Crippen molar-refractivity contribution >= 4 is 35.0 Å². The zero-order valence-corrected chi connectivity index (χ0v) is 12.9. The lowest BCUT2D eigenvalue weighted by Gasteiger charge is -2.29. The van der Waals surface area contributed by atoms with Gasteiger partial charge in [-0.25, -0.2) is 4.79 Å². The Kier molecular flexibility index (Phi) is 5.12. The quantitative estimate of drug-likeness (QED) is 0.835. The predicted molar refractivity (Wildman–Crippen MR) is 85.9 cm³/mol. The lowest BCUT2D eigenvalue weighted by molar-refractivity contribution is -0.118. The van der Waals surface area contributed by atoms with Crippen LogP contribution in [0.3, 0.4) is 0 Å². The molecular weight excluding hydrogens is 288 g/mol. The summed E-state index contributed by atoms with van der Waals surface area (Å²) in [7, 11) is 0. The minimum absolute atomic E-state index is 0.0164. The predicted octanol–water partition coefficient (Wildman–Crippen LogP) is 2.61. The van der Waals surface area contributed by atoms with Crippen molar-refractivity contribution < 1.29 is 14.7 Å². The molecule has 2 rings (SSSR count). The standard InChI is InChI=1S/C15H20N2O3S/c1-2-17(14(18)13-5-3-4-8-21-13)12-7-6-10(15(19)20)9-11(12)16/h6-7,9,13H,2-5,8,16H2,1H3,(H,19,20). The van der Waals surface area contributed by atoms with Gasteiger partial charge in [0.15, 0.2) is 0 Å². The number of nitrogen functional groups attached to an aromatic ring is 1. The van der Waals surface area contributed by atoms with Gasteiger partial charge in [0.05, 0.1) is 22.2 Å². The Morgan fingerprint density at radius 2 is 2.19 bits per heavy atom. The maximum Gasteiger partial charge on any atom is 0.335 e. The number of carbonyl (C=O) groups excluding carboxylic acids is 1. The topological polar surface area (TPSA) is 83.6 Å². The SMILES string of the molecule is CCN(C(=O)C1CCCCS1)c1ccc(C(=O)O)cc1N. The third-order valence-electron chi connectivity index (χ3n) is 3.60. The summed E-state index contributed by atoms with van der Waals surface area (Å²) in [5, 5.41) is 8.95. The van der Waals surface area contributed by atoms with Crippen LogP contribution in [0.25, 0.3) is 0 Å². The van der Waals surface area contributed by atoms with Crippen LogP contribution >= 0.6 is 11.8 Å². The number of benzene rings is 1. The first-order chi connectivity index (χ1) is 10.0. The van der Waals surface area contributed by atoms with E-state index in [2.05, 4.69) is 0 Å². The number of hydrogen-bond donors (Lipinski definition) is 2. The van der Waals surface area contributed by atoms with Crippen LogP contribution in [-0.2, 0) is 4.79 Å². The highest BCUT2D eigenvalue weighted by Crippen LogP contribution is 2.31. The van der Waals surface area contributed by atoms with E-state index in [1.807, 2.05) is 6.92 Å². The molecule has 0 saturated carbocycles. The molecule has 1 saturated heterocycles. The normalized spacial score (nSPS) is 18.2. The molecule has 1 aromatic rings. The van der Waals surface area contributed by atoms with Crippen LogP contribution in [-0.4, -0.2) is 34.5 Å². The van der Waals surface area contributed by atoms with E-state index in [0.29, 0.717) is 17.9 Å². The second kappa shape index (κ2) is 6.85. The largest absolute Gasteiger partial charge is 0.478 e. The van der Waals surface area contributed by atoms with Crippen molar-refractivity contribution in [3.05, 3.63) is 23.8 Å². The Morgan fingerprint density at radius 1 is 1.43 bits per heavy atom. The van der Waals surface area contributed by atoms with Crippen LogP contribution < -0.4 is 10.6 Å². The summed E-state index contributed by atoms with van der Waals surface area (Å²) in [5.41, 5.74) is 6.99. The monoisotopic (exact) mass is 308 g/mol. The summed E-state index contributed by atoms with van der Waals surface area (Å²) >= 11 is 1.70. The molecule has 1 amide bonds. The van der Waals surface area contributed by atoms with E-state index in [4.69, 9.17) is 10.8 Å². The Morgan fingerprint density at radius 3 is 2.71 bits per heavy atom.